The van der Waals surface area contributed by atoms with Gasteiger partial charge in [0.05, 0.1) is 4.90 Å². The maximum Gasteiger partial charge on any atom is 0.261 e. The fourth-order valence-corrected chi connectivity index (χ4v) is 4.14. The van der Waals surface area contributed by atoms with Crippen molar-refractivity contribution in [3.8, 4) is 0 Å². The van der Waals surface area contributed by atoms with E-state index < -0.39 is 15.8 Å². The van der Waals surface area contributed by atoms with E-state index in [0.29, 0.717) is 18.7 Å². The van der Waals surface area contributed by atoms with Crippen LogP contribution in [0.1, 0.15) is 25.0 Å². The highest BCUT2D eigenvalue weighted by atomic mass is 32.2. The number of benzene rings is 2. The number of anilines is 2. The molecule has 1 N–H and O–H groups in total. The molecule has 0 saturated heterocycles. The molecule has 1 amide bonds. The van der Waals surface area contributed by atoms with Gasteiger partial charge in [-0.2, -0.15) is 0 Å². The van der Waals surface area contributed by atoms with Gasteiger partial charge in [0.1, 0.15) is 5.82 Å². The Morgan fingerprint density at radius 2 is 1.92 bits per heavy atom. The molecule has 1 heterocycles. The number of nitrogens with zero attached hydrogens (tertiary/aromatic N) is 1. The molecule has 138 valence electrons. The Morgan fingerprint density at radius 3 is 2.58 bits per heavy atom. The maximum atomic E-state index is 13.4. The lowest BCUT2D eigenvalue weighted by molar-refractivity contribution is -0.121. The van der Waals surface area contributed by atoms with Gasteiger partial charge in [-0.3, -0.25) is 9.52 Å². The fraction of sp³-hybridized carbons (Fsp3) is 0.316. The molecule has 2 aromatic rings. The van der Waals surface area contributed by atoms with E-state index in [4.69, 9.17) is 0 Å². The Morgan fingerprint density at radius 1 is 1.19 bits per heavy atom. The molecule has 0 aliphatic carbocycles. The van der Waals surface area contributed by atoms with E-state index >= 15 is 0 Å². The van der Waals surface area contributed by atoms with E-state index in [-0.39, 0.29) is 22.3 Å². The predicted octanol–water partition coefficient (Wildman–Crippen LogP) is 3.48. The van der Waals surface area contributed by atoms with Gasteiger partial charge in [0.15, 0.2) is 0 Å². The highest BCUT2D eigenvalue weighted by Crippen LogP contribution is 2.32. The number of aryl methyl sites for hydroxylation is 1. The molecular weight excluding hydrogens is 355 g/mol. The van der Waals surface area contributed by atoms with E-state index in [9.17, 15) is 17.6 Å². The van der Waals surface area contributed by atoms with E-state index in [1.54, 1.807) is 23.1 Å². The van der Waals surface area contributed by atoms with Crippen LogP contribution in [0.15, 0.2) is 41.3 Å². The third kappa shape index (κ3) is 3.44. The molecule has 0 fully saturated rings. The summed E-state index contributed by atoms with van der Waals surface area (Å²) in [4.78, 5) is 14.0. The number of hydrogen-bond donors (Lipinski definition) is 1. The SMILES string of the molecule is Cc1cc(S(=O)(=O)Nc2ccc3c(c2)CCN3C(=O)C(C)C)ccc1F. The topological polar surface area (TPSA) is 66.5 Å². The summed E-state index contributed by atoms with van der Waals surface area (Å²) in [6, 6.07) is 8.82. The van der Waals surface area contributed by atoms with Gasteiger partial charge in [0.25, 0.3) is 10.0 Å². The highest BCUT2D eigenvalue weighted by Gasteiger charge is 2.27. The van der Waals surface area contributed by atoms with Crippen LogP contribution in [0.25, 0.3) is 0 Å². The molecular formula is C19H21FN2O3S. The van der Waals surface area contributed by atoms with Crippen molar-refractivity contribution in [3.05, 3.63) is 53.3 Å². The number of hydrogen-bond acceptors (Lipinski definition) is 3. The Balaban J connectivity index is 1.86. The number of sulfonamides is 1. The summed E-state index contributed by atoms with van der Waals surface area (Å²) < 4.78 is 41.0. The van der Waals surface area contributed by atoms with Gasteiger partial charge >= 0.3 is 0 Å². The summed E-state index contributed by atoms with van der Waals surface area (Å²) in [5, 5.41) is 0. The molecule has 7 heteroatoms. The summed E-state index contributed by atoms with van der Waals surface area (Å²) in [6.45, 7) is 5.82. The predicted molar refractivity (Wildman–Crippen MR) is 99.3 cm³/mol. The number of carbonyl (C=O) groups is 1. The van der Waals surface area contributed by atoms with Gasteiger partial charge in [-0.25, -0.2) is 12.8 Å². The molecule has 0 spiro atoms. The lowest BCUT2D eigenvalue weighted by Gasteiger charge is -2.19. The van der Waals surface area contributed by atoms with Crippen LogP contribution in [-0.4, -0.2) is 20.9 Å². The van der Waals surface area contributed by atoms with Crippen LogP contribution in [0, 0.1) is 18.7 Å². The van der Waals surface area contributed by atoms with Crippen LogP contribution in [0.4, 0.5) is 15.8 Å². The van der Waals surface area contributed by atoms with E-state index in [1.165, 1.54) is 19.1 Å². The second-order valence-corrected chi connectivity index (χ2v) is 8.44. The van der Waals surface area contributed by atoms with Gasteiger partial charge in [-0.1, -0.05) is 13.8 Å². The Bertz CT molecular complexity index is 971. The molecule has 1 aliphatic rings. The first-order valence-corrected chi connectivity index (χ1v) is 9.90. The minimum absolute atomic E-state index is 0.00788. The van der Waals surface area contributed by atoms with Crippen LogP contribution in [0.3, 0.4) is 0 Å². The first kappa shape index (κ1) is 18.4. The van der Waals surface area contributed by atoms with Crippen molar-refractivity contribution in [1.82, 2.24) is 0 Å². The van der Waals surface area contributed by atoms with Gasteiger partial charge in [0, 0.05) is 23.8 Å². The number of rotatable bonds is 4. The fourth-order valence-electron chi connectivity index (χ4n) is 3.00. The minimum atomic E-state index is -3.81. The zero-order valence-corrected chi connectivity index (χ0v) is 15.7. The molecule has 0 unspecified atom stereocenters. The third-order valence-electron chi connectivity index (χ3n) is 4.43. The molecule has 5 nitrogen and oxygen atoms in total. The molecule has 1 aliphatic heterocycles. The number of amides is 1. The van der Waals surface area contributed by atoms with Crippen LogP contribution in [0.2, 0.25) is 0 Å². The van der Waals surface area contributed by atoms with Crippen molar-refractivity contribution in [2.75, 3.05) is 16.2 Å². The second-order valence-electron chi connectivity index (χ2n) is 6.75. The van der Waals surface area contributed by atoms with Crippen molar-refractivity contribution in [2.45, 2.75) is 32.1 Å². The van der Waals surface area contributed by atoms with Gasteiger partial charge in [-0.05, 0) is 60.9 Å². The van der Waals surface area contributed by atoms with Crippen molar-refractivity contribution < 1.29 is 17.6 Å². The van der Waals surface area contributed by atoms with E-state index in [1.807, 2.05) is 13.8 Å². The van der Waals surface area contributed by atoms with Crippen LogP contribution in [0.5, 0.6) is 0 Å². The van der Waals surface area contributed by atoms with Gasteiger partial charge < -0.3 is 4.90 Å². The van der Waals surface area contributed by atoms with Crippen molar-refractivity contribution >= 4 is 27.3 Å². The average Bonchev–Trinajstić information content (AvgIpc) is 2.99. The van der Waals surface area contributed by atoms with Crippen LogP contribution < -0.4 is 9.62 Å². The Hall–Kier alpha value is -2.41. The summed E-state index contributed by atoms with van der Waals surface area (Å²) >= 11 is 0. The molecule has 3 rings (SSSR count). The normalized spacial score (nSPS) is 13.8. The second kappa shape index (κ2) is 6.72. The standard InChI is InChI=1S/C19H21FN2O3S/c1-12(2)19(23)22-9-8-14-11-15(4-7-18(14)22)21-26(24,25)16-5-6-17(20)13(3)10-16/h4-7,10-12,21H,8-9H2,1-3H3. The zero-order valence-electron chi connectivity index (χ0n) is 14.9. The van der Waals surface area contributed by atoms with Crippen molar-refractivity contribution in [3.63, 3.8) is 0 Å². The number of fused-ring (bicyclic) bond motifs is 1. The van der Waals surface area contributed by atoms with Crippen molar-refractivity contribution in [1.29, 1.82) is 0 Å². The monoisotopic (exact) mass is 376 g/mol. The van der Waals surface area contributed by atoms with Gasteiger partial charge in [0.2, 0.25) is 5.91 Å². The van der Waals surface area contributed by atoms with E-state index in [2.05, 4.69) is 4.72 Å². The summed E-state index contributed by atoms with van der Waals surface area (Å²) in [5.41, 5.74) is 2.44. The molecule has 2 aromatic carbocycles. The lowest BCUT2D eigenvalue weighted by Crippen LogP contribution is -2.32. The highest BCUT2D eigenvalue weighted by molar-refractivity contribution is 7.92. The lowest BCUT2D eigenvalue weighted by atomic mass is 10.1. The average molecular weight is 376 g/mol. The summed E-state index contributed by atoms with van der Waals surface area (Å²) in [7, 11) is -3.81. The Kier molecular flexibility index (Phi) is 4.75. The molecule has 0 saturated carbocycles. The maximum absolute atomic E-state index is 13.4. The molecule has 0 atom stereocenters. The third-order valence-corrected chi connectivity index (χ3v) is 5.81. The minimum Gasteiger partial charge on any atom is -0.312 e. The molecule has 26 heavy (non-hydrogen) atoms. The number of halogens is 1. The molecule has 0 aromatic heterocycles. The number of nitrogens with one attached hydrogen (secondary N) is 1. The first-order chi connectivity index (χ1) is 12.2. The first-order valence-electron chi connectivity index (χ1n) is 8.42. The summed E-state index contributed by atoms with van der Waals surface area (Å²) in [5.74, 6) is -0.490. The molecule has 0 radical (unpaired) electrons. The molecule has 0 bridgehead atoms. The quantitative estimate of drug-likeness (QED) is 0.888. The smallest absolute Gasteiger partial charge is 0.261 e. The van der Waals surface area contributed by atoms with Crippen molar-refractivity contribution in [2.24, 2.45) is 5.92 Å². The van der Waals surface area contributed by atoms with Crippen LogP contribution >= 0.6 is 0 Å². The Labute approximate surface area is 152 Å². The van der Waals surface area contributed by atoms with Gasteiger partial charge in [-0.15, -0.1) is 0 Å². The van der Waals surface area contributed by atoms with Crippen LogP contribution in [-0.2, 0) is 21.2 Å². The number of carbonyl (C=O) groups excluding carboxylic acids is 1. The zero-order chi connectivity index (χ0) is 19.1. The van der Waals surface area contributed by atoms with E-state index in [0.717, 1.165) is 17.3 Å². The summed E-state index contributed by atoms with van der Waals surface area (Å²) in [6.07, 6.45) is 0.680. The largest absolute Gasteiger partial charge is 0.312 e.